The molecule has 2 saturated heterocycles. The summed E-state index contributed by atoms with van der Waals surface area (Å²) in [7, 11) is 0. The van der Waals surface area contributed by atoms with Gasteiger partial charge < -0.3 is 9.80 Å². The Labute approximate surface area is 160 Å². The molecule has 2 aliphatic rings. The monoisotopic (exact) mass is 370 g/mol. The third-order valence-corrected chi connectivity index (χ3v) is 6.27. The Hall–Kier alpha value is -1.99. The van der Waals surface area contributed by atoms with Crippen molar-refractivity contribution in [3.8, 4) is 0 Å². The van der Waals surface area contributed by atoms with E-state index in [0.29, 0.717) is 5.92 Å². The van der Waals surface area contributed by atoms with Crippen molar-refractivity contribution in [1.82, 2.24) is 29.3 Å². The molecular weight excluding hydrogens is 340 g/mol. The van der Waals surface area contributed by atoms with Crippen LogP contribution in [0.25, 0.3) is 5.65 Å². The van der Waals surface area contributed by atoms with Crippen LogP contribution in [0.3, 0.4) is 0 Å². The van der Waals surface area contributed by atoms with Gasteiger partial charge in [0.1, 0.15) is 5.82 Å². The number of nitrogens with zero attached hydrogens (tertiary/aromatic N) is 6. The molecule has 7 heteroatoms. The van der Waals surface area contributed by atoms with Gasteiger partial charge >= 0.3 is 0 Å². The summed E-state index contributed by atoms with van der Waals surface area (Å²) in [5, 5.41) is 8.71. The zero-order valence-electron chi connectivity index (χ0n) is 16.4. The smallest absolute Gasteiger partial charge is 0.239 e. The highest BCUT2D eigenvalue weighted by atomic mass is 16.2. The van der Waals surface area contributed by atoms with Gasteiger partial charge in [-0.1, -0.05) is 13.0 Å². The van der Waals surface area contributed by atoms with E-state index < -0.39 is 0 Å². The molecule has 0 saturated carbocycles. The second-order valence-electron chi connectivity index (χ2n) is 7.73. The Kier molecular flexibility index (Phi) is 5.41. The van der Waals surface area contributed by atoms with E-state index in [9.17, 15) is 4.79 Å². The number of fused-ring (bicyclic) bond motifs is 1. The number of carbonyl (C=O) groups is 1. The second kappa shape index (κ2) is 7.94. The van der Waals surface area contributed by atoms with Crippen molar-refractivity contribution < 1.29 is 4.79 Å². The molecule has 0 N–H and O–H groups in total. The Morgan fingerprint density at radius 1 is 1.11 bits per heavy atom. The summed E-state index contributed by atoms with van der Waals surface area (Å²) >= 11 is 0. The molecule has 0 spiro atoms. The van der Waals surface area contributed by atoms with E-state index in [-0.39, 0.29) is 11.9 Å². The third kappa shape index (κ3) is 3.71. The summed E-state index contributed by atoms with van der Waals surface area (Å²) in [6.07, 6.45) is 4.09. The molecule has 2 aliphatic heterocycles. The number of pyridine rings is 1. The minimum absolute atomic E-state index is 0.0331. The molecule has 2 fully saturated rings. The first-order valence-electron chi connectivity index (χ1n) is 10.2. The number of piperazine rings is 1. The zero-order chi connectivity index (χ0) is 18.8. The Morgan fingerprint density at radius 3 is 2.56 bits per heavy atom. The highest BCUT2D eigenvalue weighted by Gasteiger charge is 2.32. The molecule has 1 amide bonds. The molecule has 1 atom stereocenters. The Morgan fingerprint density at radius 2 is 1.85 bits per heavy atom. The topological polar surface area (TPSA) is 57.0 Å². The molecule has 27 heavy (non-hydrogen) atoms. The van der Waals surface area contributed by atoms with Gasteiger partial charge in [-0.2, -0.15) is 0 Å². The van der Waals surface area contributed by atoms with E-state index in [4.69, 9.17) is 0 Å². The number of rotatable bonds is 4. The van der Waals surface area contributed by atoms with Gasteiger partial charge in [-0.25, -0.2) is 0 Å². The second-order valence-corrected chi connectivity index (χ2v) is 7.73. The van der Waals surface area contributed by atoms with Crippen LogP contribution in [0.2, 0.25) is 0 Å². The molecule has 2 aromatic heterocycles. The molecule has 146 valence electrons. The fourth-order valence-corrected chi connectivity index (χ4v) is 4.39. The summed E-state index contributed by atoms with van der Waals surface area (Å²) in [6, 6.07) is 5.97. The zero-order valence-corrected chi connectivity index (χ0v) is 16.4. The van der Waals surface area contributed by atoms with E-state index in [2.05, 4.69) is 43.1 Å². The number of amides is 1. The van der Waals surface area contributed by atoms with Gasteiger partial charge in [-0.05, 0) is 51.5 Å². The average Bonchev–Trinajstić information content (AvgIpc) is 3.17. The fourth-order valence-electron chi connectivity index (χ4n) is 4.39. The van der Waals surface area contributed by atoms with Gasteiger partial charge in [0.2, 0.25) is 5.91 Å². The van der Waals surface area contributed by atoms with Gasteiger partial charge in [-0.15, -0.1) is 10.2 Å². The van der Waals surface area contributed by atoms with Gasteiger partial charge in [-0.3, -0.25) is 14.1 Å². The van der Waals surface area contributed by atoms with E-state index in [1.807, 2.05) is 24.4 Å². The van der Waals surface area contributed by atoms with Crippen LogP contribution in [0.4, 0.5) is 0 Å². The van der Waals surface area contributed by atoms with Crippen LogP contribution in [-0.4, -0.2) is 87.1 Å². The molecule has 0 aliphatic carbocycles. The maximum absolute atomic E-state index is 12.9. The van der Waals surface area contributed by atoms with Crippen molar-refractivity contribution in [2.24, 2.45) is 0 Å². The van der Waals surface area contributed by atoms with Gasteiger partial charge in [0, 0.05) is 38.3 Å². The summed E-state index contributed by atoms with van der Waals surface area (Å²) in [6.45, 7) is 10.9. The lowest BCUT2D eigenvalue weighted by Gasteiger charge is -2.39. The third-order valence-electron chi connectivity index (χ3n) is 6.27. The number of hydrogen-bond acceptors (Lipinski definition) is 5. The molecule has 0 aromatic carbocycles. The van der Waals surface area contributed by atoms with Crippen molar-refractivity contribution in [3.05, 3.63) is 30.2 Å². The van der Waals surface area contributed by atoms with Crippen LogP contribution in [0.5, 0.6) is 0 Å². The molecule has 4 rings (SSSR count). The van der Waals surface area contributed by atoms with Crippen LogP contribution in [0.15, 0.2) is 24.4 Å². The van der Waals surface area contributed by atoms with Crippen molar-refractivity contribution >= 4 is 11.6 Å². The van der Waals surface area contributed by atoms with Crippen molar-refractivity contribution in [2.75, 3.05) is 45.8 Å². The van der Waals surface area contributed by atoms with E-state index in [1.54, 1.807) is 0 Å². The van der Waals surface area contributed by atoms with Crippen LogP contribution >= 0.6 is 0 Å². The maximum Gasteiger partial charge on any atom is 0.239 e. The minimum Gasteiger partial charge on any atom is -0.339 e. The number of likely N-dealkylation sites (tertiary alicyclic amines) is 1. The van der Waals surface area contributed by atoms with E-state index >= 15 is 0 Å². The normalized spacial score (nSPS) is 21.6. The van der Waals surface area contributed by atoms with Gasteiger partial charge in [0.05, 0.1) is 6.04 Å². The summed E-state index contributed by atoms with van der Waals surface area (Å²) in [5.41, 5.74) is 0.907. The summed E-state index contributed by atoms with van der Waals surface area (Å²) < 4.78 is 2.10. The standard InChI is InChI=1S/C20H30N6O/c1-3-23-12-14-25(15-13-23)20(27)16(2)24-10-7-17(8-11-24)19-22-21-18-6-4-5-9-26(18)19/h4-6,9,16-17H,3,7-8,10-15H2,1-2H3. The fraction of sp³-hybridized carbons (Fsp3) is 0.650. The summed E-state index contributed by atoms with van der Waals surface area (Å²) in [4.78, 5) is 19.7. The number of piperidine rings is 1. The first-order valence-corrected chi connectivity index (χ1v) is 10.2. The summed E-state index contributed by atoms with van der Waals surface area (Å²) in [5.74, 6) is 1.76. The predicted molar refractivity (Wildman–Crippen MR) is 105 cm³/mol. The number of aromatic nitrogens is 3. The molecule has 2 aromatic rings. The molecular formula is C20H30N6O. The molecule has 0 bridgehead atoms. The minimum atomic E-state index is -0.0331. The Bertz CT molecular complexity index is 774. The first kappa shape index (κ1) is 18.4. The lowest BCUT2D eigenvalue weighted by molar-refractivity contribution is -0.138. The van der Waals surface area contributed by atoms with Crippen LogP contribution < -0.4 is 0 Å². The maximum atomic E-state index is 12.9. The SMILES string of the molecule is CCN1CCN(C(=O)C(C)N2CCC(c3nnc4ccccn34)CC2)CC1. The Balaban J connectivity index is 1.34. The molecule has 7 nitrogen and oxygen atoms in total. The van der Waals surface area contributed by atoms with Crippen molar-refractivity contribution in [1.29, 1.82) is 0 Å². The lowest BCUT2D eigenvalue weighted by Crippen LogP contribution is -2.55. The van der Waals surface area contributed by atoms with E-state index in [1.165, 1.54) is 0 Å². The van der Waals surface area contributed by atoms with Crippen LogP contribution in [-0.2, 0) is 4.79 Å². The van der Waals surface area contributed by atoms with Crippen LogP contribution in [0, 0.1) is 0 Å². The average molecular weight is 371 g/mol. The van der Waals surface area contributed by atoms with Crippen LogP contribution in [0.1, 0.15) is 38.4 Å². The van der Waals surface area contributed by atoms with Gasteiger partial charge in [0.25, 0.3) is 0 Å². The molecule has 0 radical (unpaired) electrons. The van der Waals surface area contributed by atoms with Crippen molar-refractivity contribution in [3.63, 3.8) is 0 Å². The number of likely N-dealkylation sites (N-methyl/N-ethyl adjacent to an activating group) is 1. The molecule has 4 heterocycles. The molecule has 1 unspecified atom stereocenters. The number of hydrogen-bond donors (Lipinski definition) is 0. The van der Waals surface area contributed by atoms with Gasteiger partial charge in [0.15, 0.2) is 5.65 Å². The predicted octanol–water partition coefficient (Wildman–Crippen LogP) is 1.46. The highest BCUT2D eigenvalue weighted by Crippen LogP contribution is 2.28. The largest absolute Gasteiger partial charge is 0.339 e. The van der Waals surface area contributed by atoms with E-state index in [0.717, 1.165) is 70.1 Å². The lowest BCUT2D eigenvalue weighted by atomic mass is 9.95. The van der Waals surface area contributed by atoms with Crippen molar-refractivity contribution in [2.45, 2.75) is 38.6 Å². The quantitative estimate of drug-likeness (QED) is 0.816. The highest BCUT2D eigenvalue weighted by molar-refractivity contribution is 5.81. The first-order chi connectivity index (χ1) is 13.2. The number of carbonyl (C=O) groups excluding carboxylic acids is 1.